The molecule has 114 valence electrons. The number of rotatable bonds is 3. The molecule has 1 N–H and O–H groups in total. The van der Waals surface area contributed by atoms with Gasteiger partial charge in [0.1, 0.15) is 5.82 Å². The van der Waals surface area contributed by atoms with E-state index < -0.39 is 0 Å². The van der Waals surface area contributed by atoms with Crippen LogP contribution in [0.5, 0.6) is 0 Å². The molecule has 5 heteroatoms. The molecular formula is C16H22FN3O. The third-order valence-electron chi connectivity index (χ3n) is 4.47. The molecule has 0 radical (unpaired) electrons. The van der Waals surface area contributed by atoms with Gasteiger partial charge in [-0.1, -0.05) is 6.07 Å². The summed E-state index contributed by atoms with van der Waals surface area (Å²) in [5.74, 6) is -0.417. The first kappa shape index (κ1) is 14.3. The molecule has 1 amide bonds. The topological polar surface area (TPSA) is 35.6 Å². The van der Waals surface area contributed by atoms with Gasteiger partial charge >= 0.3 is 0 Å². The van der Waals surface area contributed by atoms with Crippen LogP contribution in [0.2, 0.25) is 0 Å². The Kier molecular flexibility index (Phi) is 4.10. The van der Waals surface area contributed by atoms with Crippen molar-refractivity contribution in [2.45, 2.75) is 25.8 Å². The van der Waals surface area contributed by atoms with Crippen molar-refractivity contribution in [3.63, 3.8) is 0 Å². The number of hydrogen-bond acceptors (Lipinski definition) is 3. The van der Waals surface area contributed by atoms with E-state index in [0.717, 1.165) is 32.6 Å². The number of nitrogens with one attached hydrogen (secondary N) is 1. The van der Waals surface area contributed by atoms with Crippen LogP contribution in [0.25, 0.3) is 0 Å². The fourth-order valence-electron chi connectivity index (χ4n) is 3.40. The number of hydrogen-bond donors (Lipinski definition) is 1. The third kappa shape index (κ3) is 2.75. The number of para-hydroxylation sites is 1. The van der Waals surface area contributed by atoms with Crippen molar-refractivity contribution in [1.29, 1.82) is 0 Å². The summed E-state index contributed by atoms with van der Waals surface area (Å²) in [5.41, 5.74) is 0.780. The summed E-state index contributed by atoms with van der Waals surface area (Å²) in [6.45, 7) is 6.07. The standard InChI is InChI=1S/C16H22FN3O/c1-2-18-15-13(6-3-7-14(15)17)16(21)20-10-9-19-8-4-5-12(19)11-20/h3,6-7,12,18H,2,4-5,8-11H2,1H3. The second-order valence-electron chi connectivity index (χ2n) is 5.78. The molecule has 2 aliphatic heterocycles. The normalized spacial score (nSPS) is 22.2. The Bertz CT molecular complexity index is 534. The molecule has 0 aliphatic carbocycles. The van der Waals surface area contributed by atoms with E-state index in [1.54, 1.807) is 12.1 Å². The number of anilines is 1. The fraction of sp³-hybridized carbons (Fsp3) is 0.562. The molecule has 2 aliphatic rings. The highest BCUT2D eigenvalue weighted by atomic mass is 19.1. The van der Waals surface area contributed by atoms with Crippen LogP contribution >= 0.6 is 0 Å². The summed E-state index contributed by atoms with van der Waals surface area (Å²) in [7, 11) is 0. The maximum atomic E-state index is 13.9. The highest BCUT2D eigenvalue weighted by Crippen LogP contribution is 2.25. The minimum Gasteiger partial charge on any atom is -0.382 e. The molecule has 0 saturated carbocycles. The van der Waals surface area contributed by atoms with Gasteiger partial charge in [-0.25, -0.2) is 4.39 Å². The van der Waals surface area contributed by atoms with Crippen LogP contribution in [-0.2, 0) is 0 Å². The quantitative estimate of drug-likeness (QED) is 0.927. The van der Waals surface area contributed by atoms with Gasteiger partial charge in [-0.05, 0) is 38.4 Å². The first-order valence-corrected chi connectivity index (χ1v) is 7.76. The maximum absolute atomic E-state index is 13.9. The van der Waals surface area contributed by atoms with Gasteiger partial charge in [-0.15, -0.1) is 0 Å². The van der Waals surface area contributed by atoms with E-state index >= 15 is 0 Å². The Morgan fingerprint density at radius 3 is 3.05 bits per heavy atom. The van der Waals surface area contributed by atoms with Crippen molar-refractivity contribution >= 4 is 11.6 Å². The number of carbonyl (C=O) groups is 1. The second kappa shape index (κ2) is 6.02. The molecule has 2 saturated heterocycles. The van der Waals surface area contributed by atoms with E-state index in [4.69, 9.17) is 0 Å². The summed E-state index contributed by atoms with van der Waals surface area (Å²) in [5, 5.41) is 2.98. The predicted molar refractivity (Wildman–Crippen MR) is 81.1 cm³/mol. The molecule has 0 spiro atoms. The fourth-order valence-corrected chi connectivity index (χ4v) is 3.40. The minimum absolute atomic E-state index is 0.0583. The van der Waals surface area contributed by atoms with Crippen molar-refractivity contribution in [1.82, 2.24) is 9.80 Å². The van der Waals surface area contributed by atoms with Crippen LogP contribution in [0, 0.1) is 5.82 Å². The molecule has 0 bridgehead atoms. The SMILES string of the molecule is CCNc1c(F)cccc1C(=O)N1CCN2CCCC2C1. The smallest absolute Gasteiger partial charge is 0.256 e. The summed E-state index contributed by atoms with van der Waals surface area (Å²) in [6.07, 6.45) is 2.38. The Morgan fingerprint density at radius 1 is 1.38 bits per heavy atom. The molecule has 1 aromatic rings. The lowest BCUT2D eigenvalue weighted by atomic mass is 10.1. The zero-order valence-electron chi connectivity index (χ0n) is 12.4. The highest BCUT2D eigenvalue weighted by molar-refractivity contribution is 5.99. The van der Waals surface area contributed by atoms with Gasteiger partial charge in [0.05, 0.1) is 11.3 Å². The number of amides is 1. The Morgan fingerprint density at radius 2 is 2.24 bits per heavy atom. The van der Waals surface area contributed by atoms with Gasteiger partial charge in [-0.3, -0.25) is 9.69 Å². The largest absolute Gasteiger partial charge is 0.382 e. The third-order valence-corrected chi connectivity index (χ3v) is 4.47. The Balaban J connectivity index is 1.80. The lowest BCUT2D eigenvalue weighted by Gasteiger charge is -2.37. The van der Waals surface area contributed by atoms with Crippen molar-refractivity contribution in [3.8, 4) is 0 Å². The zero-order valence-corrected chi connectivity index (χ0v) is 12.4. The molecular weight excluding hydrogens is 269 g/mol. The highest BCUT2D eigenvalue weighted by Gasteiger charge is 2.33. The summed E-state index contributed by atoms with van der Waals surface area (Å²) < 4.78 is 13.9. The van der Waals surface area contributed by atoms with E-state index in [2.05, 4.69) is 10.2 Å². The van der Waals surface area contributed by atoms with Gasteiger partial charge < -0.3 is 10.2 Å². The second-order valence-corrected chi connectivity index (χ2v) is 5.78. The predicted octanol–water partition coefficient (Wildman–Crippen LogP) is 2.18. The number of nitrogens with zero attached hydrogens (tertiary/aromatic N) is 2. The van der Waals surface area contributed by atoms with E-state index in [-0.39, 0.29) is 11.7 Å². The molecule has 1 atom stereocenters. The minimum atomic E-state index is -0.359. The molecule has 1 unspecified atom stereocenters. The van der Waals surface area contributed by atoms with Crippen molar-refractivity contribution in [2.75, 3.05) is 38.0 Å². The van der Waals surface area contributed by atoms with E-state index in [9.17, 15) is 9.18 Å². The van der Waals surface area contributed by atoms with E-state index in [1.165, 1.54) is 12.5 Å². The summed E-state index contributed by atoms with van der Waals surface area (Å²) in [4.78, 5) is 17.1. The molecule has 21 heavy (non-hydrogen) atoms. The average molecular weight is 291 g/mol. The van der Waals surface area contributed by atoms with Crippen molar-refractivity contribution < 1.29 is 9.18 Å². The van der Waals surface area contributed by atoms with Gasteiger partial charge in [0.25, 0.3) is 5.91 Å². The number of piperazine rings is 1. The van der Waals surface area contributed by atoms with Crippen molar-refractivity contribution in [3.05, 3.63) is 29.6 Å². The number of fused-ring (bicyclic) bond motifs is 1. The monoisotopic (exact) mass is 291 g/mol. The van der Waals surface area contributed by atoms with Crippen LogP contribution in [0.1, 0.15) is 30.1 Å². The van der Waals surface area contributed by atoms with Crippen LogP contribution in [0.15, 0.2) is 18.2 Å². The van der Waals surface area contributed by atoms with Crippen LogP contribution in [0.4, 0.5) is 10.1 Å². The van der Waals surface area contributed by atoms with Crippen molar-refractivity contribution in [2.24, 2.45) is 0 Å². The van der Waals surface area contributed by atoms with E-state index in [1.807, 2.05) is 11.8 Å². The van der Waals surface area contributed by atoms with Crippen LogP contribution in [0.3, 0.4) is 0 Å². The molecule has 2 fully saturated rings. The Hall–Kier alpha value is -1.62. The maximum Gasteiger partial charge on any atom is 0.256 e. The molecule has 0 aromatic heterocycles. The Labute approximate surface area is 124 Å². The van der Waals surface area contributed by atoms with Gasteiger partial charge in [-0.2, -0.15) is 0 Å². The summed E-state index contributed by atoms with van der Waals surface area (Å²) >= 11 is 0. The van der Waals surface area contributed by atoms with Gasteiger partial charge in [0, 0.05) is 32.2 Å². The number of halogens is 1. The zero-order chi connectivity index (χ0) is 14.8. The average Bonchev–Trinajstić information content (AvgIpc) is 2.96. The first-order valence-electron chi connectivity index (χ1n) is 7.76. The number of carbonyl (C=O) groups excluding carboxylic acids is 1. The molecule has 1 aromatic carbocycles. The van der Waals surface area contributed by atoms with Crippen LogP contribution < -0.4 is 5.32 Å². The molecule has 2 heterocycles. The van der Waals surface area contributed by atoms with Crippen LogP contribution in [-0.4, -0.2) is 54.5 Å². The molecule has 3 rings (SSSR count). The first-order chi connectivity index (χ1) is 10.2. The van der Waals surface area contributed by atoms with Gasteiger partial charge in [0.15, 0.2) is 0 Å². The lowest BCUT2D eigenvalue weighted by Crippen LogP contribution is -2.52. The number of benzene rings is 1. The molecule has 4 nitrogen and oxygen atoms in total. The summed E-state index contributed by atoms with van der Waals surface area (Å²) in [6, 6.07) is 5.20. The lowest BCUT2D eigenvalue weighted by molar-refractivity contribution is 0.0572. The van der Waals surface area contributed by atoms with E-state index in [0.29, 0.717) is 23.8 Å². The van der Waals surface area contributed by atoms with Gasteiger partial charge in [0.2, 0.25) is 0 Å².